The van der Waals surface area contributed by atoms with Crippen molar-refractivity contribution in [3.05, 3.63) is 24.4 Å². The van der Waals surface area contributed by atoms with Crippen molar-refractivity contribution in [2.45, 2.75) is 25.3 Å². The van der Waals surface area contributed by atoms with E-state index < -0.39 is 0 Å². The molecule has 2 N–H and O–H groups in total. The molecule has 1 aliphatic carbocycles. The van der Waals surface area contributed by atoms with E-state index >= 15 is 0 Å². The van der Waals surface area contributed by atoms with Crippen molar-refractivity contribution in [1.82, 2.24) is 10.4 Å². The smallest absolute Gasteiger partial charge is 0.140 e. The lowest BCUT2D eigenvalue weighted by Crippen LogP contribution is -2.36. The quantitative estimate of drug-likeness (QED) is 0.732. The molecule has 0 aliphatic heterocycles. The van der Waals surface area contributed by atoms with Gasteiger partial charge >= 0.3 is 0 Å². The molecule has 1 aromatic heterocycles. The van der Waals surface area contributed by atoms with Gasteiger partial charge in [0.15, 0.2) is 0 Å². The lowest BCUT2D eigenvalue weighted by atomic mass is 10.1. The highest BCUT2D eigenvalue weighted by atomic mass is 15.4. The van der Waals surface area contributed by atoms with Crippen molar-refractivity contribution in [2.75, 3.05) is 5.43 Å². The maximum Gasteiger partial charge on any atom is 0.140 e. The maximum absolute atomic E-state index is 8.90. The standard InChI is InChI=1S/C11H14N4/c12-8-9-4-3-5-10(9)14-15-11-6-1-2-7-13-11/h1-2,6-7,9-10,14H,3-5H2,(H,13,15). The highest BCUT2D eigenvalue weighted by Gasteiger charge is 2.26. The molecule has 1 aliphatic rings. The van der Waals surface area contributed by atoms with Gasteiger partial charge in [-0.05, 0) is 25.0 Å². The Bertz CT molecular complexity index is 343. The van der Waals surface area contributed by atoms with E-state index in [0.717, 1.165) is 25.1 Å². The number of anilines is 1. The Balaban J connectivity index is 1.86. The number of pyridine rings is 1. The summed E-state index contributed by atoms with van der Waals surface area (Å²) >= 11 is 0. The van der Waals surface area contributed by atoms with Crippen LogP contribution in [0, 0.1) is 17.2 Å². The minimum Gasteiger partial charge on any atom is -0.305 e. The van der Waals surface area contributed by atoms with Crippen molar-refractivity contribution < 1.29 is 0 Å². The summed E-state index contributed by atoms with van der Waals surface area (Å²) in [5, 5.41) is 8.90. The Hall–Kier alpha value is -1.60. The SMILES string of the molecule is N#CC1CCCC1NNc1ccccn1. The number of hydrogen-bond donors (Lipinski definition) is 2. The van der Waals surface area contributed by atoms with Gasteiger partial charge in [-0.25, -0.2) is 10.4 Å². The fraction of sp³-hybridized carbons (Fsp3) is 0.455. The molecule has 0 radical (unpaired) electrons. The Labute approximate surface area is 89.3 Å². The van der Waals surface area contributed by atoms with Crippen molar-refractivity contribution in [3.63, 3.8) is 0 Å². The van der Waals surface area contributed by atoms with Crippen LogP contribution >= 0.6 is 0 Å². The Morgan fingerprint density at radius 1 is 1.40 bits per heavy atom. The van der Waals surface area contributed by atoms with Crippen molar-refractivity contribution in [3.8, 4) is 6.07 Å². The predicted molar refractivity (Wildman–Crippen MR) is 57.7 cm³/mol. The lowest BCUT2D eigenvalue weighted by Gasteiger charge is -2.16. The number of nitrogens with one attached hydrogen (secondary N) is 2. The van der Waals surface area contributed by atoms with E-state index in [2.05, 4.69) is 21.9 Å². The summed E-state index contributed by atoms with van der Waals surface area (Å²) in [5.41, 5.74) is 6.20. The van der Waals surface area contributed by atoms with Crippen LogP contribution in [0.3, 0.4) is 0 Å². The Morgan fingerprint density at radius 2 is 2.33 bits per heavy atom. The van der Waals surface area contributed by atoms with Gasteiger partial charge in [0.05, 0.1) is 12.0 Å². The number of nitrogens with zero attached hydrogens (tertiary/aromatic N) is 2. The summed E-state index contributed by atoms with van der Waals surface area (Å²) in [7, 11) is 0. The molecule has 0 aromatic carbocycles. The van der Waals surface area contributed by atoms with Crippen LogP contribution in [-0.4, -0.2) is 11.0 Å². The van der Waals surface area contributed by atoms with Crippen LogP contribution in [-0.2, 0) is 0 Å². The molecule has 0 saturated heterocycles. The third-order valence-electron chi connectivity index (χ3n) is 2.73. The van der Waals surface area contributed by atoms with E-state index in [-0.39, 0.29) is 12.0 Å². The molecule has 2 unspecified atom stereocenters. The van der Waals surface area contributed by atoms with E-state index in [1.165, 1.54) is 0 Å². The minimum absolute atomic E-state index is 0.126. The average Bonchev–Trinajstić information content (AvgIpc) is 2.75. The van der Waals surface area contributed by atoms with Gasteiger partial charge in [-0.15, -0.1) is 0 Å². The number of aromatic nitrogens is 1. The molecular formula is C11H14N4. The zero-order valence-corrected chi connectivity index (χ0v) is 8.48. The third-order valence-corrected chi connectivity index (χ3v) is 2.73. The van der Waals surface area contributed by atoms with Crippen LogP contribution in [0.5, 0.6) is 0 Å². The van der Waals surface area contributed by atoms with Gasteiger partial charge in [-0.1, -0.05) is 12.5 Å². The molecule has 0 spiro atoms. The molecule has 1 saturated carbocycles. The van der Waals surface area contributed by atoms with Crippen LogP contribution < -0.4 is 10.9 Å². The molecule has 78 valence electrons. The molecule has 1 aromatic rings. The normalized spacial score (nSPS) is 24.7. The van der Waals surface area contributed by atoms with Crippen LogP contribution in [0.15, 0.2) is 24.4 Å². The summed E-state index contributed by atoms with van der Waals surface area (Å²) in [6.07, 6.45) is 4.91. The molecule has 2 atom stereocenters. The van der Waals surface area contributed by atoms with Gasteiger partial charge < -0.3 is 5.43 Å². The minimum atomic E-state index is 0.126. The van der Waals surface area contributed by atoms with Crippen LogP contribution in [0.4, 0.5) is 5.82 Å². The zero-order chi connectivity index (χ0) is 10.5. The van der Waals surface area contributed by atoms with Crippen molar-refractivity contribution in [1.29, 1.82) is 5.26 Å². The maximum atomic E-state index is 8.90. The third kappa shape index (κ3) is 2.45. The first kappa shape index (κ1) is 9.94. The summed E-state index contributed by atoms with van der Waals surface area (Å²) < 4.78 is 0. The van der Waals surface area contributed by atoms with Gasteiger partial charge in [-0.2, -0.15) is 5.26 Å². The lowest BCUT2D eigenvalue weighted by molar-refractivity contribution is 0.502. The Kier molecular flexibility index (Phi) is 3.15. The first-order valence-corrected chi connectivity index (χ1v) is 5.22. The summed E-state index contributed by atoms with van der Waals surface area (Å²) in [6.45, 7) is 0. The molecule has 0 amide bonds. The first-order valence-electron chi connectivity index (χ1n) is 5.22. The monoisotopic (exact) mass is 202 g/mol. The molecule has 4 nitrogen and oxygen atoms in total. The number of hydrazine groups is 1. The molecule has 15 heavy (non-hydrogen) atoms. The summed E-state index contributed by atoms with van der Waals surface area (Å²) in [4.78, 5) is 4.13. The zero-order valence-electron chi connectivity index (χ0n) is 8.48. The van der Waals surface area contributed by atoms with Crippen LogP contribution in [0.1, 0.15) is 19.3 Å². The summed E-state index contributed by atoms with van der Waals surface area (Å²) in [5.74, 6) is 0.919. The molecule has 2 rings (SSSR count). The van der Waals surface area contributed by atoms with E-state index in [0.29, 0.717) is 0 Å². The largest absolute Gasteiger partial charge is 0.305 e. The van der Waals surface area contributed by atoms with Crippen molar-refractivity contribution >= 4 is 5.82 Å². The van der Waals surface area contributed by atoms with E-state index in [9.17, 15) is 0 Å². The van der Waals surface area contributed by atoms with Crippen molar-refractivity contribution in [2.24, 2.45) is 5.92 Å². The Morgan fingerprint density at radius 3 is 3.07 bits per heavy atom. The molecule has 4 heteroatoms. The second-order valence-corrected chi connectivity index (χ2v) is 3.76. The van der Waals surface area contributed by atoms with Gasteiger partial charge in [0, 0.05) is 12.2 Å². The average molecular weight is 202 g/mol. The van der Waals surface area contributed by atoms with E-state index in [4.69, 9.17) is 5.26 Å². The topological polar surface area (TPSA) is 60.7 Å². The molecular weight excluding hydrogens is 188 g/mol. The van der Waals surface area contributed by atoms with Gasteiger partial charge in [0.25, 0.3) is 0 Å². The first-order chi connectivity index (χ1) is 7.40. The highest BCUT2D eigenvalue weighted by molar-refractivity contribution is 5.31. The highest BCUT2D eigenvalue weighted by Crippen LogP contribution is 2.24. The van der Waals surface area contributed by atoms with Gasteiger partial charge in [0.1, 0.15) is 5.82 Å². The molecule has 1 fully saturated rings. The molecule has 1 heterocycles. The van der Waals surface area contributed by atoms with Gasteiger partial charge in [0.2, 0.25) is 0 Å². The number of nitriles is 1. The fourth-order valence-corrected chi connectivity index (χ4v) is 1.89. The van der Waals surface area contributed by atoms with Crippen LogP contribution in [0.2, 0.25) is 0 Å². The van der Waals surface area contributed by atoms with Crippen LogP contribution in [0.25, 0.3) is 0 Å². The predicted octanol–water partition coefficient (Wildman–Crippen LogP) is 1.69. The second-order valence-electron chi connectivity index (χ2n) is 3.76. The van der Waals surface area contributed by atoms with E-state index in [1.54, 1.807) is 6.20 Å². The van der Waals surface area contributed by atoms with Gasteiger partial charge in [-0.3, -0.25) is 0 Å². The number of rotatable bonds is 3. The summed E-state index contributed by atoms with van der Waals surface area (Å²) in [6, 6.07) is 8.26. The van der Waals surface area contributed by atoms with E-state index in [1.807, 2.05) is 18.2 Å². The fourth-order valence-electron chi connectivity index (χ4n) is 1.89. The second kappa shape index (κ2) is 4.76. The molecule has 0 bridgehead atoms. The number of hydrogen-bond acceptors (Lipinski definition) is 4.